The highest BCUT2D eigenvalue weighted by Gasteiger charge is 2.21. The number of aldehydes is 1. The topological polar surface area (TPSA) is 56.0 Å². The van der Waals surface area contributed by atoms with Crippen LogP contribution in [-0.2, 0) is 0 Å². The third-order valence-electron chi connectivity index (χ3n) is 1.66. The second-order valence-corrected chi connectivity index (χ2v) is 5.00. The van der Waals surface area contributed by atoms with Gasteiger partial charge in [-0.05, 0) is 0 Å². The maximum absolute atomic E-state index is 10.3. The lowest BCUT2D eigenvalue weighted by Gasteiger charge is -2.16. The van der Waals surface area contributed by atoms with Gasteiger partial charge in [-0.25, -0.2) is 0 Å². The Labute approximate surface area is 83.8 Å². The smallest absolute Gasteiger partial charge is 0.290 e. The van der Waals surface area contributed by atoms with Crippen LogP contribution < -0.4 is 0 Å². The van der Waals surface area contributed by atoms with E-state index in [1.165, 1.54) is 5.75 Å². The van der Waals surface area contributed by atoms with Gasteiger partial charge < -0.3 is 4.52 Å². The molecule has 1 aliphatic heterocycles. The lowest BCUT2D eigenvalue weighted by atomic mass is 10.4. The maximum atomic E-state index is 10.3. The molecule has 4 nitrogen and oxygen atoms in total. The summed E-state index contributed by atoms with van der Waals surface area (Å²) in [4.78, 5) is 14.3. The fourth-order valence-electron chi connectivity index (χ4n) is 1.06. The van der Waals surface area contributed by atoms with Crippen molar-refractivity contribution >= 4 is 29.8 Å². The first-order valence-electron chi connectivity index (χ1n) is 3.88. The summed E-state index contributed by atoms with van der Waals surface area (Å²) in [5.74, 6) is 4.02. The molecule has 0 bridgehead atoms. The number of rotatable bonds is 2. The van der Waals surface area contributed by atoms with Crippen LogP contribution in [0.15, 0.2) is 4.52 Å². The number of hydrogen-bond acceptors (Lipinski definition) is 6. The van der Waals surface area contributed by atoms with Gasteiger partial charge in [-0.1, -0.05) is 5.16 Å². The van der Waals surface area contributed by atoms with Gasteiger partial charge in [-0.15, -0.1) is 11.8 Å². The summed E-state index contributed by atoms with van der Waals surface area (Å²) in [6.07, 6.45) is 0.580. The van der Waals surface area contributed by atoms with E-state index >= 15 is 0 Å². The molecule has 1 aromatic rings. The molecular weight excluding hydrogens is 208 g/mol. The van der Waals surface area contributed by atoms with Crippen molar-refractivity contribution in [3.8, 4) is 0 Å². The Kier molecular flexibility index (Phi) is 2.90. The van der Waals surface area contributed by atoms with Gasteiger partial charge in [0.2, 0.25) is 6.29 Å². The van der Waals surface area contributed by atoms with Gasteiger partial charge in [0.1, 0.15) is 0 Å². The predicted octanol–water partition coefficient (Wildman–Crippen LogP) is 1.40. The Morgan fingerprint density at radius 3 is 3.08 bits per heavy atom. The van der Waals surface area contributed by atoms with Crippen LogP contribution in [0.25, 0.3) is 0 Å². The van der Waals surface area contributed by atoms with E-state index < -0.39 is 0 Å². The van der Waals surface area contributed by atoms with Crippen LogP contribution in [0.5, 0.6) is 0 Å². The fourth-order valence-corrected chi connectivity index (χ4v) is 3.65. The minimum atomic E-state index is 0.0752. The van der Waals surface area contributed by atoms with Gasteiger partial charge in [0, 0.05) is 17.3 Å². The number of carbonyl (C=O) groups is 1. The molecule has 1 aliphatic rings. The SMILES string of the molecule is O=Cc1nc(C2CSCCS2)no1. The molecule has 0 spiro atoms. The van der Waals surface area contributed by atoms with E-state index in [9.17, 15) is 4.79 Å². The first kappa shape index (κ1) is 9.08. The number of thioether (sulfide) groups is 2. The zero-order chi connectivity index (χ0) is 9.10. The Balaban J connectivity index is 2.09. The highest BCUT2D eigenvalue weighted by molar-refractivity contribution is 8.06. The van der Waals surface area contributed by atoms with Crippen LogP contribution in [-0.4, -0.2) is 33.7 Å². The predicted molar refractivity (Wildman–Crippen MR) is 52.2 cm³/mol. The average molecular weight is 216 g/mol. The van der Waals surface area contributed by atoms with Gasteiger partial charge in [0.05, 0.1) is 5.25 Å². The van der Waals surface area contributed by atoms with Gasteiger partial charge in [-0.3, -0.25) is 4.79 Å². The first-order valence-corrected chi connectivity index (χ1v) is 6.08. The van der Waals surface area contributed by atoms with E-state index in [1.54, 1.807) is 0 Å². The zero-order valence-corrected chi connectivity index (χ0v) is 8.44. The van der Waals surface area contributed by atoms with Crippen molar-refractivity contribution in [3.63, 3.8) is 0 Å². The van der Waals surface area contributed by atoms with E-state index in [2.05, 4.69) is 10.1 Å². The average Bonchev–Trinajstić information content (AvgIpc) is 2.67. The summed E-state index contributed by atoms with van der Waals surface area (Å²) in [5.41, 5.74) is 0. The van der Waals surface area contributed by atoms with Crippen LogP contribution in [0.3, 0.4) is 0 Å². The molecule has 13 heavy (non-hydrogen) atoms. The largest absolute Gasteiger partial charge is 0.331 e. The van der Waals surface area contributed by atoms with Crippen LogP contribution >= 0.6 is 23.5 Å². The second kappa shape index (κ2) is 4.15. The highest BCUT2D eigenvalue weighted by atomic mass is 32.2. The van der Waals surface area contributed by atoms with Crippen LogP contribution in [0, 0.1) is 0 Å². The molecular formula is C7H8N2O2S2. The summed E-state index contributed by atoms with van der Waals surface area (Å²) >= 11 is 3.70. The van der Waals surface area contributed by atoms with E-state index in [1.807, 2.05) is 23.5 Å². The molecule has 6 heteroatoms. The van der Waals surface area contributed by atoms with Crippen molar-refractivity contribution in [2.75, 3.05) is 17.3 Å². The molecule has 70 valence electrons. The summed E-state index contributed by atoms with van der Waals surface area (Å²) in [7, 11) is 0. The molecule has 1 unspecified atom stereocenters. The van der Waals surface area contributed by atoms with Crippen molar-refractivity contribution < 1.29 is 9.32 Å². The molecule has 0 aliphatic carbocycles. The quantitative estimate of drug-likeness (QED) is 0.696. The minimum absolute atomic E-state index is 0.0752. The maximum Gasteiger partial charge on any atom is 0.290 e. The fraction of sp³-hybridized carbons (Fsp3) is 0.571. The number of carbonyl (C=O) groups excluding carboxylic acids is 1. The molecule has 1 fully saturated rings. The zero-order valence-electron chi connectivity index (χ0n) is 6.80. The summed E-state index contributed by atoms with van der Waals surface area (Å²) < 4.78 is 4.72. The molecule has 1 saturated heterocycles. The van der Waals surface area contributed by atoms with E-state index in [-0.39, 0.29) is 11.1 Å². The van der Waals surface area contributed by atoms with Crippen molar-refractivity contribution in [2.45, 2.75) is 5.25 Å². The van der Waals surface area contributed by atoms with Gasteiger partial charge >= 0.3 is 0 Å². The summed E-state index contributed by atoms with van der Waals surface area (Å²) in [6.45, 7) is 0. The Morgan fingerprint density at radius 1 is 1.54 bits per heavy atom. The number of nitrogens with zero attached hydrogens (tertiary/aromatic N) is 2. The van der Waals surface area contributed by atoms with Crippen molar-refractivity contribution in [1.29, 1.82) is 0 Å². The lowest BCUT2D eigenvalue weighted by Crippen LogP contribution is -2.07. The number of aromatic nitrogens is 2. The molecule has 2 heterocycles. The molecule has 1 atom stereocenters. The minimum Gasteiger partial charge on any atom is -0.331 e. The standard InChI is InChI=1S/C7H8N2O2S2/c10-3-6-8-7(9-11-6)5-4-12-1-2-13-5/h3,5H,1-2,4H2. The summed E-state index contributed by atoms with van der Waals surface area (Å²) in [6, 6.07) is 0. The van der Waals surface area contributed by atoms with Crippen LogP contribution in [0.4, 0.5) is 0 Å². The Hall–Kier alpha value is -0.490. The molecule has 0 saturated carbocycles. The molecule has 0 aromatic carbocycles. The molecule has 1 aromatic heterocycles. The van der Waals surface area contributed by atoms with E-state index in [4.69, 9.17) is 4.52 Å². The van der Waals surface area contributed by atoms with E-state index in [0.717, 1.165) is 11.5 Å². The molecule has 0 N–H and O–H groups in total. The third kappa shape index (κ3) is 2.05. The summed E-state index contributed by atoms with van der Waals surface area (Å²) in [5, 5.41) is 4.05. The monoisotopic (exact) mass is 216 g/mol. The van der Waals surface area contributed by atoms with Crippen molar-refractivity contribution in [2.24, 2.45) is 0 Å². The second-order valence-electron chi connectivity index (χ2n) is 2.54. The van der Waals surface area contributed by atoms with E-state index in [0.29, 0.717) is 12.1 Å². The Bertz CT molecular complexity index is 296. The van der Waals surface area contributed by atoms with Crippen LogP contribution in [0.2, 0.25) is 0 Å². The molecule has 0 radical (unpaired) electrons. The van der Waals surface area contributed by atoms with Crippen molar-refractivity contribution in [3.05, 3.63) is 11.7 Å². The Morgan fingerprint density at radius 2 is 2.46 bits per heavy atom. The van der Waals surface area contributed by atoms with Crippen LogP contribution in [0.1, 0.15) is 21.8 Å². The first-order chi connectivity index (χ1) is 6.40. The number of hydrogen-bond donors (Lipinski definition) is 0. The van der Waals surface area contributed by atoms with Gasteiger partial charge in [0.25, 0.3) is 5.89 Å². The third-order valence-corrected chi connectivity index (χ3v) is 4.41. The molecule has 2 rings (SSSR count). The van der Waals surface area contributed by atoms with Gasteiger partial charge in [-0.2, -0.15) is 16.7 Å². The molecule has 0 amide bonds. The van der Waals surface area contributed by atoms with Gasteiger partial charge in [0.15, 0.2) is 5.82 Å². The normalized spacial score (nSPS) is 22.9. The highest BCUT2D eigenvalue weighted by Crippen LogP contribution is 2.34. The van der Waals surface area contributed by atoms with Crippen molar-refractivity contribution in [1.82, 2.24) is 10.1 Å². The lowest BCUT2D eigenvalue weighted by molar-refractivity contribution is 0.108.